The highest BCUT2D eigenvalue weighted by molar-refractivity contribution is 5.80. The predicted octanol–water partition coefficient (Wildman–Crippen LogP) is 4.83. The molecule has 0 N–H and O–H groups in total. The molecule has 0 aromatic rings. The lowest BCUT2D eigenvalue weighted by atomic mass is 10.00. The summed E-state index contributed by atoms with van der Waals surface area (Å²) in [6.07, 6.45) is 12.6. The molecule has 0 aliphatic carbocycles. The molecule has 100 valence electrons. The van der Waals surface area contributed by atoms with Gasteiger partial charge in [0.25, 0.3) is 0 Å². The fourth-order valence-electron chi connectivity index (χ4n) is 1.67. The Hall–Kier alpha value is -1.29. The zero-order chi connectivity index (χ0) is 13.6. The Kier molecular flexibility index (Phi) is 11.3. The van der Waals surface area contributed by atoms with Crippen LogP contribution in [-0.2, 0) is 4.79 Å². The van der Waals surface area contributed by atoms with E-state index >= 15 is 0 Å². The summed E-state index contributed by atoms with van der Waals surface area (Å²) in [6.45, 7) is 6.11. The summed E-state index contributed by atoms with van der Waals surface area (Å²) < 4.78 is 0. The summed E-state index contributed by atoms with van der Waals surface area (Å²) in [4.78, 5) is 11.8. The molecule has 0 spiro atoms. The van der Waals surface area contributed by atoms with Gasteiger partial charge in [0.2, 0.25) is 0 Å². The van der Waals surface area contributed by atoms with Gasteiger partial charge in [-0.3, -0.25) is 4.79 Å². The van der Waals surface area contributed by atoms with Crippen molar-refractivity contribution >= 4 is 5.78 Å². The largest absolute Gasteiger partial charge is 0.299 e. The molecule has 0 unspecified atom stereocenters. The molecular formula is C17H26O. The molecule has 0 heterocycles. The number of carbonyl (C=O) groups excluding carboxylic acids is 1. The fourth-order valence-corrected chi connectivity index (χ4v) is 1.67. The van der Waals surface area contributed by atoms with Crippen LogP contribution in [0.2, 0.25) is 0 Å². The third-order valence-corrected chi connectivity index (χ3v) is 2.74. The zero-order valence-corrected chi connectivity index (χ0v) is 12.1. The van der Waals surface area contributed by atoms with E-state index < -0.39 is 0 Å². The molecule has 0 aliphatic rings. The second-order valence-electron chi connectivity index (χ2n) is 4.50. The molecule has 0 saturated heterocycles. The average Bonchev–Trinajstić information content (AvgIpc) is 2.38. The van der Waals surface area contributed by atoms with Gasteiger partial charge in [0.15, 0.2) is 0 Å². The Labute approximate surface area is 112 Å². The molecule has 18 heavy (non-hydrogen) atoms. The number of ketones is 1. The second-order valence-corrected chi connectivity index (χ2v) is 4.50. The van der Waals surface area contributed by atoms with Gasteiger partial charge in [-0.05, 0) is 32.3 Å². The van der Waals surface area contributed by atoms with Gasteiger partial charge in [-0.2, -0.15) is 0 Å². The van der Waals surface area contributed by atoms with Crippen molar-refractivity contribution < 1.29 is 4.79 Å². The molecule has 0 radical (unpaired) electrons. The molecule has 0 fully saturated rings. The summed E-state index contributed by atoms with van der Waals surface area (Å²) >= 11 is 0. The first-order chi connectivity index (χ1) is 8.74. The van der Waals surface area contributed by atoms with Crippen LogP contribution in [0.5, 0.6) is 0 Å². The van der Waals surface area contributed by atoms with Gasteiger partial charge in [-0.15, -0.1) is 5.92 Å². The minimum absolute atomic E-state index is 0.370. The number of carbonyl (C=O) groups is 1. The van der Waals surface area contributed by atoms with Crippen molar-refractivity contribution in [3.05, 3.63) is 23.8 Å². The van der Waals surface area contributed by atoms with Crippen LogP contribution in [0.3, 0.4) is 0 Å². The first-order valence-corrected chi connectivity index (χ1v) is 7.03. The van der Waals surface area contributed by atoms with E-state index in [1.54, 1.807) is 0 Å². The van der Waals surface area contributed by atoms with Gasteiger partial charge in [0.1, 0.15) is 5.78 Å². The molecule has 0 bridgehead atoms. The maximum absolute atomic E-state index is 11.8. The Morgan fingerprint density at radius 2 is 1.78 bits per heavy atom. The fraction of sp³-hybridized carbons (Fsp3) is 0.588. The average molecular weight is 246 g/mol. The number of hydrogen-bond acceptors (Lipinski definition) is 1. The topological polar surface area (TPSA) is 17.1 Å². The van der Waals surface area contributed by atoms with Gasteiger partial charge in [-0.1, -0.05) is 50.3 Å². The highest BCUT2D eigenvalue weighted by Crippen LogP contribution is 2.14. The van der Waals surface area contributed by atoms with Crippen LogP contribution in [0.4, 0.5) is 0 Å². The standard InChI is InChI=1S/C17H26O/c1-4-7-10-11-13-16(12-8-5-2)15-17(18)14-9-6-3/h10-11,13H,5-6,8-9,12,14-15H2,1-3H3. The normalized spacial score (nSPS) is 11.4. The summed E-state index contributed by atoms with van der Waals surface area (Å²) in [5.41, 5.74) is 1.24. The van der Waals surface area contributed by atoms with Crippen LogP contribution < -0.4 is 0 Å². The summed E-state index contributed by atoms with van der Waals surface area (Å²) in [7, 11) is 0. The van der Waals surface area contributed by atoms with Crippen molar-refractivity contribution in [2.75, 3.05) is 0 Å². The molecule has 0 aromatic heterocycles. The Morgan fingerprint density at radius 1 is 1.11 bits per heavy atom. The van der Waals surface area contributed by atoms with Crippen molar-refractivity contribution in [2.45, 2.75) is 65.7 Å². The van der Waals surface area contributed by atoms with Crippen LogP contribution in [-0.4, -0.2) is 5.78 Å². The molecule has 0 saturated carbocycles. The van der Waals surface area contributed by atoms with Crippen LogP contribution in [0.1, 0.15) is 65.7 Å². The van der Waals surface area contributed by atoms with E-state index in [-0.39, 0.29) is 0 Å². The van der Waals surface area contributed by atoms with Gasteiger partial charge >= 0.3 is 0 Å². The second kappa shape index (κ2) is 12.2. The van der Waals surface area contributed by atoms with Gasteiger partial charge in [-0.25, -0.2) is 0 Å². The maximum atomic E-state index is 11.8. The smallest absolute Gasteiger partial charge is 0.136 e. The number of hydrogen-bond donors (Lipinski definition) is 0. The van der Waals surface area contributed by atoms with Crippen LogP contribution in [0.25, 0.3) is 0 Å². The van der Waals surface area contributed by atoms with E-state index in [2.05, 4.69) is 31.8 Å². The van der Waals surface area contributed by atoms with Crippen molar-refractivity contribution in [3.8, 4) is 11.8 Å². The number of rotatable bonds is 9. The molecule has 0 atom stereocenters. The van der Waals surface area contributed by atoms with E-state index in [0.717, 1.165) is 32.1 Å². The van der Waals surface area contributed by atoms with Gasteiger partial charge in [0.05, 0.1) is 0 Å². The van der Waals surface area contributed by atoms with Crippen LogP contribution >= 0.6 is 0 Å². The third-order valence-electron chi connectivity index (χ3n) is 2.74. The minimum Gasteiger partial charge on any atom is -0.299 e. The number of unbranched alkanes of at least 4 members (excludes halogenated alkanes) is 2. The zero-order valence-electron chi connectivity index (χ0n) is 12.1. The first kappa shape index (κ1) is 16.7. The van der Waals surface area contributed by atoms with Crippen LogP contribution in [0, 0.1) is 11.8 Å². The quantitative estimate of drug-likeness (QED) is 0.420. The highest BCUT2D eigenvalue weighted by Gasteiger charge is 2.04. The minimum atomic E-state index is 0.370. The van der Waals surface area contributed by atoms with Crippen LogP contribution in [0.15, 0.2) is 23.8 Å². The van der Waals surface area contributed by atoms with E-state index in [0.29, 0.717) is 12.2 Å². The highest BCUT2D eigenvalue weighted by atomic mass is 16.1. The van der Waals surface area contributed by atoms with Gasteiger partial charge in [0, 0.05) is 12.8 Å². The van der Waals surface area contributed by atoms with Gasteiger partial charge < -0.3 is 0 Å². The molecule has 0 aliphatic heterocycles. The number of Topliss-reactive ketones (excluding diaryl/α,β-unsaturated/α-hetero) is 1. The Bertz CT molecular complexity index is 336. The summed E-state index contributed by atoms with van der Waals surface area (Å²) in [6, 6.07) is 0. The maximum Gasteiger partial charge on any atom is 0.136 e. The SMILES string of the molecule is CC#CC=CC=C(CCCC)CC(=O)CCCC. The molecule has 0 rings (SSSR count). The lowest BCUT2D eigenvalue weighted by Crippen LogP contribution is -2.00. The molecule has 1 nitrogen and oxygen atoms in total. The van der Waals surface area contributed by atoms with Crippen molar-refractivity contribution in [1.29, 1.82) is 0 Å². The lowest BCUT2D eigenvalue weighted by molar-refractivity contribution is -0.118. The van der Waals surface area contributed by atoms with E-state index in [9.17, 15) is 4.79 Å². The molecule has 0 amide bonds. The van der Waals surface area contributed by atoms with E-state index in [4.69, 9.17) is 0 Å². The summed E-state index contributed by atoms with van der Waals surface area (Å²) in [5.74, 6) is 6.08. The monoisotopic (exact) mass is 246 g/mol. The van der Waals surface area contributed by atoms with Crippen molar-refractivity contribution in [1.82, 2.24) is 0 Å². The summed E-state index contributed by atoms with van der Waals surface area (Å²) in [5, 5.41) is 0. The lowest BCUT2D eigenvalue weighted by Gasteiger charge is -2.05. The first-order valence-electron chi connectivity index (χ1n) is 7.03. The third kappa shape index (κ3) is 9.90. The molecular weight excluding hydrogens is 220 g/mol. The molecule has 0 aromatic carbocycles. The Morgan fingerprint density at radius 3 is 2.39 bits per heavy atom. The predicted molar refractivity (Wildman–Crippen MR) is 79.3 cm³/mol. The van der Waals surface area contributed by atoms with Crippen molar-refractivity contribution in [2.24, 2.45) is 0 Å². The number of allylic oxidation sites excluding steroid dienone is 4. The molecule has 1 heteroatoms. The van der Waals surface area contributed by atoms with E-state index in [1.165, 1.54) is 12.0 Å². The Balaban J connectivity index is 4.36. The van der Waals surface area contributed by atoms with Crippen molar-refractivity contribution in [3.63, 3.8) is 0 Å². The van der Waals surface area contributed by atoms with E-state index in [1.807, 2.05) is 19.1 Å².